The first-order chi connectivity index (χ1) is 5.60. The van der Waals surface area contributed by atoms with Crippen molar-refractivity contribution in [3.05, 3.63) is 0 Å². The summed E-state index contributed by atoms with van der Waals surface area (Å²) in [5.41, 5.74) is -0.453. The molecule has 0 unspecified atom stereocenters. The van der Waals surface area contributed by atoms with E-state index in [4.69, 9.17) is 28.3 Å². The van der Waals surface area contributed by atoms with Gasteiger partial charge >= 0.3 is 5.97 Å². The fourth-order valence-corrected chi connectivity index (χ4v) is 0.682. The number of ether oxygens (including phenoxy) is 1. The van der Waals surface area contributed by atoms with Crippen molar-refractivity contribution in [3.8, 4) is 0 Å². The van der Waals surface area contributed by atoms with Crippen LogP contribution in [-0.4, -0.2) is 36.1 Å². The Bertz CT molecular complexity index is 137. The maximum absolute atomic E-state index is 10.5. The van der Waals surface area contributed by atoms with Gasteiger partial charge in [-0.2, -0.15) is 0 Å². The maximum Gasteiger partial charge on any atom is 0.302 e. The van der Waals surface area contributed by atoms with Gasteiger partial charge in [0.25, 0.3) is 0 Å². The third-order valence-corrected chi connectivity index (χ3v) is 1.88. The quantitative estimate of drug-likeness (QED) is 0.426. The highest BCUT2D eigenvalue weighted by Crippen LogP contribution is 2.29. The van der Waals surface area contributed by atoms with Crippen LogP contribution >= 0.6 is 0 Å². The van der Waals surface area contributed by atoms with Crippen molar-refractivity contribution in [3.63, 3.8) is 0 Å². The molecular formula is C7H11B3O2. The Kier molecular flexibility index (Phi) is 5.19. The molecule has 0 N–H and O–H groups in total. The predicted octanol–water partition coefficient (Wildman–Crippen LogP) is 0.296. The molecule has 0 aliphatic rings. The molecule has 2 nitrogen and oxygen atoms in total. The van der Waals surface area contributed by atoms with E-state index >= 15 is 0 Å². The van der Waals surface area contributed by atoms with Gasteiger partial charge in [0.05, 0.1) is 30.1 Å². The van der Waals surface area contributed by atoms with Gasteiger partial charge in [-0.15, -0.1) is 0 Å². The number of esters is 1. The zero-order valence-electron chi connectivity index (χ0n) is 7.38. The van der Waals surface area contributed by atoms with Crippen LogP contribution in [-0.2, 0) is 9.53 Å². The average molecular weight is 160 g/mol. The molecule has 0 bridgehead atoms. The summed E-state index contributed by atoms with van der Waals surface area (Å²) in [5, 5.41) is 0. The molecular weight excluding hydrogens is 149 g/mol. The van der Waals surface area contributed by atoms with E-state index in [1.807, 2.05) is 0 Å². The second-order valence-corrected chi connectivity index (χ2v) is 2.89. The van der Waals surface area contributed by atoms with Crippen LogP contribution in [0.5, 0.6) is 0 Å². The van der Waals surface area contributed by atoms with Gasteiger partial charge in [0.1, 0.15) is 0 Å². The lowest BCUT2D eigenvalue weighted by Crippen LogP contribution is -2.27. The van der Waals surface area contributed by atoms with Crippen LogP contribution in [0.1, 0.15) is 6.92 Å². The van der Waals surface area contributed by atoms with Crippen molar-refractivity contribution < 1.29 is 9.53 Å². The van der Waals surface area contributed by atoms with E-state index in [-0.39, 0.29) is 12.6 Å². The molecule has 0 saturated heterocycles. The highest BCUT2D eigenvalue weighted by Gasteiger charge is 2.23. The van der Waals surface area contributed by atoms with Crippen molar-refractivity contribution in [2.24, 2.45) is 5.41 Å². The van der Waals surface area contributed by atoms with Crippen molar-refractivity contribution in [2.45, 2.75) is 25.9 Å². The zero-order valence-corrected chi connectivity index (χ0v) is 7.38. The summed E-state index contributed by atoms with van der Waals surface area (Å²) in [4.78, 5) is 10.5. The minimum Gasteiger partial charge on any atom is -0.465 e. The van der Waals surface area contributed by atoms with E-state index in [2.05, 4.69) is 0 Å². The van der Waals surface area contributed by atoms with Gasteiger partial charge in [-0.25, -0.2) is 0 Å². The van der Waals surface area contributed by atoms with E-state index in [9.17, 15) is 4.79 Å². The predicted molar refractivity (Wildman–Crippen MR) is 50.7 cm³/mol. The van der Waals surface area contributed by atoms with Gasteiger partial charge in [-0.1, -0.05) is 19.0 Å². The number of rotatable bonds is 5. The number of hydrogen-bond donors (Lipinski definition) is 0. The molecule has 0 amide bonds. The first-order valence-electron chi connectivity index (χ1n) is 3.84. The molecule has 0 atom stereocenters. The van der Waals surface area contributed by atoms with Crippen LogP contribution in [0.25, 0.3) is 0 Å². The monoisotopic (exact) mass is 160 g/mol. The summed E-state index contributed by atoms with van der Waals surface area (Å²) in [7, 11) is 16.4. The second kappa shape index (κ2) is 5.33. The SMILES string of the molecule is [B]CC(C[B])(C[B])COC(C)=O. The minimum atomic E-state index is -0.453. The van der Waals surface area contributed by atoms with Crippen molar-refractivity contribution >= 4 is 29.5 Å². The lowest BCUT2D eigenvalue weighted by Gasteiger charge is -2.30. The van der Waals surface area contributed by atoms with Crippen molar-refractivity contribution in [1.82, 2.24) is 0 Å². The molecule has 0 spiro atoms. The van der Waals surface area contributed by atoms with Crippen LogP contribution in [0.2, 0.25) is 19.0 Å². The summed E-state index contributed by atoms with van der Waals surface area (Å²) in [6.45, 7) is 1.54. The maximum atomic E-state index is 10.5. The van der Waals surface area contributed by atoms with E-state index in [1.165, 1.54) is 6.92 Å². The van der Waals surface area contributed by atoms with Gasteiger partial charge in [0.15, 0.2) is 0 Å². The molecule has 0 heterocycles. The Labute approximate surface area is 77.7 Å². The zero-order chi connectivity index (χ0) is 9.61. The molecule has 0 aromatic rings. The first kappa shape index (κ1) is 11.7. The Morgan fingerprint density at radius 2 is 1.67 bits per heavy atom. The molecule has 0 fully saturated rings. The van der Waals surface area contributed by atoms with Crippen LogP contribution in [0.15, 0.2) is 0 Å². The van der Waals surface area contributed by atoms with E-state index in [0.717, 1.165) is 0 Å². The van der Waals surface area contributed by atoms with E-state index in [0.29, 0.717) is 19.0 Å². The number of hydrogen-bond acceptors (Lipinski definition) is 2. The van der Waals surface area contributed by atoms with Gasteiger partial charge in [-0.05, 0) is 5.41 Å². The first-order valence-corrected chi connectivity index (χ1v) is 3.84. The highest BCUT2D eigenvalue weighted by molar-refractivity contribution is 6.15. The summed E-state index contributed by atoms with van der Waals surface area (Å²) >= 11 is 0. The topological polar surface area (TPSA) is 26.3 Å². The molecule has 0 aliphatic carbocycles. The van der Waals surface area contributed by atoms with E-state index < -0.39 is 5.41 Å². The third-order valence-electron chi connectivity index (χ3n) is 1.88. The summed E-state index contributed by atoms with van der Waals surface area (Å²) in [5.74, 6) is -0.338. The summed E-state index contributed by atoms with van der Waals surface area (Å²) in [6, 6.07) is 0. The van der Waals surface area contributed by atoms with Gasteiger partial charge in [0, 0.05) is 6.92 Å². The molecule has 60 valence electrons. The van der Waals surface area contributed by atoms with Gasteiger partial charge in [0.2, 0.25) is 0 Å². The van der Waals surface area contributed by atoms with Crippen LogP contribution in [0.3, 0.4) is 0 Å². The van der Waals surface area contributed by atoms with Crippen LogP contribution in [0, 0.1) is 5.41 Å². The van der Waals surface area contributed by atoms with Crippen LogP contribution < -0.4 is 0 Å². The standard InChI is InChI=1S/C7H11B3O2/c1-6(11)12-5-7(2-8,3-9)4-10/h2-5H2,1H3. The lowest BCUT2D eigenvalue weighted by molar-refractivity contribution is -0.143. The molecule has 6 radical (unpaired) electrons. The molecule has 12 heavy (non-hydrogen) atoms. The molecule has 0 aromatic heterocycles. The Morgan fingerprint density at radius 1 is 1.25 bits per heavy atom. The van der Waals surface area contributed by atoms with Crippen molar-refractivity contribution in [2.75, 3.05) is 6.61 Å². The highest BCUT2D eigenvalue weighted by atomic mass is 16.5. The molecule has 0 aromatic carbocycles. The van der Waals surface area contributed by atoms with Gasteiger partial charge < -0.3 is 4.74 Å². The molecule has 0 rings (SSSR count). The summed E-state index contributed by atoms with van der Waals surface area (Å²) < 4.78 is 4.80. The smallest absolute Gasteiger partial charge is 0.302 e. The van der Waals surface area contributed by atoms with Crippen LogP contribution in [0.4, 0.5) is 0 Å². The number of carbonyl (C=O) groups excluding carboxylic acids is 1. The Balaban J connectivity index is 4.01. The molecule has 5 heteroatoms. The summed E-state index contributed by atoms with van der Waals surface area (Å²) in [6.07, 6.45) is 0.980. The van der Waals surface area contributed by atoms with E-state index in [1.54, 1.807) is 0 Å². The third kappa shape index (κ3) is 3.37. The molecule has 0 saturated carbocycles. The van der Waals surface area contributed by atoms with Crippen molar-refractivity contribution in [1.29, 1.82) is 0 Å². The van der Waals surface area contributed by atoms with Gasteiger partial charge in [-0.3, -0.25) is 4.79 Å². The lowest BCUT2D eigenvalue weighted by atomic mass is 9.62. The minimum absolute atomic E-state index is 0.200. The number of carbonyl (C=O) groups is 1. The fourth-order valence-electron chi connectivity index (χ4n) is 0.682. The average Bonchev–Trinajstić information content (AvgIpc) is 2.08. The Hall–Kier alpha value is -0.335. The molecule has 0 aliphatic heterocycles. The fraction of sp³-hybridized carbons (Fsp3) is 0.857. The largest absolute Gasteiger partial charge is 0.465 e. The second-order valence-electron chi connectivity index (χ2n) is 2.89. The Morgan fingerprint density at radius 3 is 1.92 bits per heavy atom. The normalized spacial score (nSPS) is 11.1.